The molecule has 4 aromatic rings. The standard InChI is InChI=1S/C16H11BrN4OS/c1-22-13-9-5-3-7-11(13)14-18-19-16-21(14)20-15(23-16)10-6-2-4-8-12(10)17/h2-9H,1H3. The molecule has 23 heavy (non-hydrogen) atoms. The van der Waals surface area contributed by atoms with Crippen molar-refractivity contribution in [2.24, 2.45) is 0 Å². The number of ether oxygens (including phenoxy) is 1. The van der Waals surface area contributed by atoms with E-state index in [0.717, 1.165) is 31.3 Å². The fraction of sp³-hybridized carbons (Fsp3) is 0.0625. The van der Waals surface area contributed by atoms with E-state index in [2.05, 4.69) is 31.2 Å². The van der Waals surface area contributed by atoms with Gasteiger partial charge in [0.1, 0.15) is 10.8 Å². The average Bonchev–Trinajstić information content (AvgIpc) is 3.15. The molecule has 0 amide bonds. The number of fused-ring (bicyclic) bond motifs is 1. The van der Waals surface area contributed by atoms with E-state index in [9.17, 15) is 0 Å². The Morgan fingerprint density at radius 2 is 1.74 bits per heavy atom. The summed E-state index contributed by atoms with van der Waals surface area (Å²) in [6, 6.07) is 15.7. The van der Waals surface area contributed by atoms with E-state index in [-0.39, 0.29) is 0 Å². The Kier molecular flexibility index (Phi) is 3.59. The molecule has 2 heterocycles. The van der Waals surface area contributed by atoms with Crippen molar-refractivity contribution in [3.63, 3.8) is 0 Å². The molecule has 2 aromatic heterocycles. The molecule has 0 aliphatic heterocycles. The SMILES string of the molecule is COc1ccccc1-c1nnc2sc(-c3ccccc3Br)nn12. The summed E-state index contributed by atoms with van der Waals surface area (Å²) >= 11 is 5.07. The highest BCUT2D eigenvalue weighted by Gasteiger charge is 2.17. The van der Waals surface area contributed by atoms with Crippen LogP contribution in [-0.2, 0) is 0 Å². The minimum atomic E-state index is 0.673. The molecule has 2 aromatic carbocycles. The number of methoxy groups -OCH3 is 1. The molecule has 114 valence electrons. The fourth-order valence-corrected chi connectivity index (χ4v) is 3.84. The highest BCUT2D eigenvalue weighted by molar-refractivity contribution is 9.10. The van der Waals surface area contributed by atoms with Crippen molar-refractivity contribution in [1.82, 2.24) is 19.8 Å². The first-order valence-electron chi connectivity index (χ1n) is 6.88. The van der Waals surface area contributed by atoms with Crippen LogP contribution in [0.15, 0.2) is 53.0 Å². The number of hydrogen-bond donors (Lipinski definition) is 0. The Morgan fingerprint density at radius 1 is 1.00 bits per heavy atom. The maximum Gasteiger partial charge on any atom is 0.235 e. The number of aromatic nitrogens is 4. The highest BCUT2D eigenvalue weighted by Crippen LogP contribution is 2.34. The first-order valence-corrected chi connectivity index (χ1v) is 8.49. The molecule has 0 radical (unpaired) electrons. The zero-order chi connectivity index (χ0) is 15.8. The minimum absolute atomic E-state index is 0.673. The Morgan fingerprint density at radius 3 is 2.52 bits per heavy atom. The van der Waals surface area contributed by atoms with Crippen LogP contribution in [0.1, 0.15) is 0 Å². The number of para-hydroxylation sites is 1. The summed E-state index contributed by atoms with van der Waals surface area (Å²) in [5.41, 5.74) is 1.90. The van der Waals surface area contributed by atoms with Crippen molar-refractivity contribution in [2.45, 2.75) is 0 Å². The summed E-state index contributed by atoms with van der Waals surface area (Å²) in [7, 11) is 1.64. The molecule has 0 fully saturated rings. The summed E-state index contributed by atoms with van der Waals surface area (Å²) in [6.07, 6.45) is 0. The van der Waals surface area contributed by atoms with E-state index in [1.165, 1.54) is 11.3 Å². The Hall–Kier alpha value is -2.25. The van der Waals surface area contributed by atoms with E-state index in [4.69, 9.17) is 4.74 Å². The van der Waals surface area contributed by atoms with E-state index >= 15 is 0 Å². The lowest BCUT2D eigenvalue weighted by atomic mass is 10.2. The third-order valence-electron chi connectivity index (χ3n) is 3.44. The lowest BCUT2D eigenvalue weighted by molar-refractivity contribution is 0.416. The molecule has 0 aliphatic carbocycles. The van der Waals surface area contributed by atoms with Crippen molar-refractivity contribution in [3.8, 4) is 27.7 Å². The second-order valence-corrected chi connectivity index (χ2v) is 6.62. The van der Waals surface area contributed by atoms with Gasteiger partial charge in [0.2, 0.25) is 4.96 Å². The first-order chi connectivity index (χ1) is 11.3. The van der Waals surface area contributed by atoms with Gasteiger partial charge in [-0.2, -0.15) is 9.61 Å². The van der Waals surface area contributed by atoms with Crippen LogP contribution >= 0.6 is 27.3 Å². The molecule has 0 saturated carbocycles. The quantitative estimate of drug-likeness (QED) is 0.526. The second kappa shape index (κ2) is 5.75. The predicted molar refractivity (Wildman–Crippen MR) is 93.8 cm³/mol. The van der Waals surface area contributed by atoms with Crippen molar-refractivity contribution >= 4 is 32.2 Å². The molecule has 0 N–H and O–H groups in total. The van der Waals surface area contributed by atoms with Crippen molar-refractivity contribution < 1.29 is 4.74 Å². The van der Waals surface area contributed by atoms with Gasteiger partial charge in [0.15, 0.2) is 5.82 Å². The molecule has 5 nitrogen and oxygen atoms in total. The van der Waals surface area contributed by atoms with Gasteiger partial charge in [-0.05, 0) is 18.2 Å². The van der Waals surface area contributed by atoms with E-state index < -0.39 is 0 Å². The van der Waals surface area contributed by atoms with Gasteiger partial charge in [0.25, 0.3) is 0 Å². The Bertz CT molecular complexity index is 995. The monoisotopic (exact) mass is 386 g/mol. The summed E-state index contributed by atoms with van der Waals surface area (Å²) in [6.45, 7) is 0. The van der Waals surface area contributed by atoms with Gasteiger partial charge in [-0.25, -0.2) is 0 Å². The number of nitrogens with zero attached hydrogens (tertiary/aromatic N) is 4. The summed E-state index contributed by atoms with van der Waals surface area (Å²) in [5.74, 6) is 1.42. The number of rotatable bonds is 3. The number of benzene rings is 2. The molecule has 0 spiro atoms. The number of halogens is 1. The largest absolute Gasteiger partial charge is 0.496 e. The molecule has 0 bridgehead atoms. The third-order valence-corrected chi connectivity index (χ3v) is 5.07. The van der Waals surface area contributed by atoms with Gasteiger partial charge in [-0.3, -0.25) is 0 Å². The van der Waals surface area contributed by atoms with Crippen molar-refractivity contribution in [1.29, 1.82) is 0 Å². The van der Waals surface area contributed by atoms with Gasteiger partial charge < -0.3 is 4.74 Å². The molecular weight excluding hydrogens is 376 g/mol. The van der Waals surface area contributed by atoms with Crippen LogP contribution in [0.5, 0.6) is 5.75 Å². The fourth-order valence-electron chi connectivity index (χ4n) is 2.36. The molecule has 0 aliphatic rings. The van der Waals surface area contributed by atoms with Gasteiger partial charge in [-0.1, -0.05) is 57.6 Å². The van der Waals surface area contributed by atoms with Crippen molar-refractivity contribution in [2.75, 3.05) is 7.11 Å². The van der Waals surface area contributed by atoms with Crippen LogP contribution in [-0.4, -0.2) is 26.9 Å². The first kappa shape index (κ1) is 14.3. The average molecular weight is 387 g/mol. The summed E-state index contributed by atoms with van der Waals surface area (Å²) in [4.78, 5) is 0.747. The van der Waals surface area contributed by atoms with E-state index in [1.807, 2.05) is 48.5 Å². The Labute approximate surface area is 144 Å². The topological polar surface area (TPSA) is 52.3 Å². The van der Waals surface area contributed by atoms with Gasteiger partial charge in [0, 0.05) is 10.0 Å². The zero-order valence-electron chi connectivity index (χ0n) is 12.1. The van der Waals surface area contributed by atoms with E-state index in [0.29, 0.717) is 5.82 Å². The zero-order valence-corrected chi connectivity index (χ0v) is 14.5. The predicted octanol–water partition coefficient (Wildman–Crippen LogP) is 4.29. The molecule has 7 heteroatoms. The lowest BCUT2D eigenvalue weighted by Gasteiger charge is -2.04. The molecule has 0 saturated heterocycles. The molecule has 0 unspecified atom stereocenters. The van der Waals surface area contributed by atoms with Gasteiger partial charge >= 0.3 is 0 Å². The van der Waals surface area contributed by atoms with E-state index in [1.54, 1.807) is 11.6 Å². The second-order valence-electron chi connectivity index (χ2n) is 4.81. The molecular formula is C16H11BrN4OS. The minimum Gasteiger partial charge on any atom is -0.496 e. The van der Waals surface area contributed by atoms with Crippen LogP contribution in [0.3, 0.4) is 0 Å². The highest BCUT2D eigenvalue weighted by atomic mass is 79.9. The molecule has 0 atom stereocenters. The maximum absolute atomic E-state index is 5.42. The maximum atomic E-state index is 5.42. The lowest BCUT2D eigenvalue weighted by Crippen LogP contribution is -1.94. The van der Waals surface area contributed by atoms with Crippen molar-refractivity contribution in [3.05, 3.63) is 53.0 Å². The van der Waals surface area contributed by atoms with Gasteiger partial charge in [-0.15, -0.1) is 10.2 Å². The third kappa shape index (κ3) is 2.42. The van der Waals surface area contributed by atoms with Crippen LogP contribution in [0.2, 0.25) is 0 Å². The molecule has 4 rings (SSSR count). The summed E-state index contributed by atoms with van der Waals surface area (Å²) < 4.78 is 8.18. The smallest absolute Gasteiger partial charge is 0.235 e. The van der Waals surface area contributed by atoms with Crippen LogP contribution in [0.25, 0.3) is 26.9 Å². The summed E-state index contributed by atoms with van der Waals surface area (Å²) in [5, 5.41) is 14.1. The van der Waals surface area contributed by atoms with Crippen LogP contribution in [0.4, 0.5) is 0 Å². The van der Waals surface area contributed by atoms with Gasteiger partial charge in [0.05, 0.1) is 12.7 Å². The number of hydrogen-bond acceptors (Lipinski definition) is 5. The normalized spacial score (nSPS) is 11.0. The van der Waals surface area contributed by atoms with Crippen LogP contribution < -0.4 is 4.74 Å². The Balaban J connectivity index is 1.89. The van der Waals surface area contributed by atoms with Crippen LogP contribution in [0, 0.1) is 0 Å².